The zero-order valence-corrected chi connectivity index (χ0v) is 9.86. The number of rotatable bonds is 2. The normalized spacial score (nSPS) is 24.7. The molecule has 15 heavy (non-hydrogen) atoms. The third-order valence-corrected chi connectivity index (χ3v) is 3.32. The Morgan fingerprint density at radius 3 is 2.93 bits per heavy atom. The lowest BCUT2D eigenvalue weighted by atomic mass is 9.89. The molecule has 0 atom stereocenters. The van der Waals surface area contributed by atoms with Crippen molar-refractivity contribution in [3.63, 3.8) is 0 Å². The van der Waals surface area contributed by atoms with Crippen LogP contribution in [0, 0.1) is 0 Å². The first-order valence-corrected chi connectivity index (χ1v) is 5.53. The first-order valence-electron chi connectivity index (χ1n) is 4.74. The molecule has 0 spiro atoms. The minimum absolute atomic E-state index is 0.167. The zero-order chi connectivity index (χ0) is 11.0. The van der Waals surface area contributed by atoms with Crippen LogP contribution in [0.15, 0.2) is 15.5 Å². The van der Waals surface area contributed by atoms with Gasteiger partial charge in [-0.25, -0.2) is 4.68 Å². The largest absolute Gasteiger partial charge is 0.393 e. The van der Waals surface area contributed by atoms with Gasteiger partial charge in [-0.15, -0.1) is 0 Å². The lowest BCUT2D eigenvalue weighted by molar-refractivity contribution is 0.0836. The molecule has 0 unspecified atom stereocenters. The van der Waals surface area contributed by atoms with Crippen molar-refractivity contribution >= 4 is 21.6 Å². The van der Waals surface area contributed by atoms with Crippen LogP contribution in [-0.4, -0.2) is 27.0 Å². The van der Waals surface area contributed by atoms with E-state index in [9.17, 15) is 4.79 Å². The number of hydrogen-bond donors (Lipinski definition) is 2. The Bertz CT molecular complexity index is 426. The molecule has 0 aromatic carbocycles. The van der Waals surface area contributed by atoms with Crippen molar-refractivity contribution < 1.29 is 5.11 Å². The van der Waals surface area contributed by atoms with E-state index in [0.717, 1.165) is 12.8 Å². The number of halogens is 1. The van der Waals surface area contributed by atoms with Gasteiger partial charge >= 0.3 is 0 Å². The van der Waals surface area contributed by atoms with Crippen LogP contribution in [0.25, 0.3) is 0 Å². The number of anilines is 1. The summed E-state index contributed by atoms with van der Waals surface area (Å²) in [6.45, 7) is 0. The smallest absolute Gasteiger partial charge is 0.282 e. The van der Waals surface area contributed by atoms with E-state index in [1.54, 1.807) is 13.2 Å². The van der Waals surface area contributed by atoms with Gasteiger partial charge in [-0.2, -0.15) is 5.10 Å². The van der Waals surface area contributed by atoms with Crippen LogP contribution in [0.2, 0.25) is 0 Å². The van der Waals surface area contributed by atoms with Gasteiger partial charge in [-0.1, -0.05) is 0 Å². The molecule has 1 aliphatic rings. The van der Waals surface area contributed by atoms with Crippen LogP contribution in [-0.2, 0) is 7.05 Å². The summed E-state index contributed by atoms with van der Waals surface area (Å²) >= 11 is 3.23. The highest BCUT2D eigenvalue weighted by molar-refractivity contribution is 9.10. The summed E-state index contributed by atoms with van der Waals surface area (Å²) in [4.78, 5) is 11.5. The van der Waals surface area contributed by atoms with Crippen LogP contribution in [0.4, 0.5) is 5.69 Å². The summed E-state index contributed by atoms with van der Waals surface area (Å²) in [6, 6.07) is 0.241. The molecule has 0 aliphatic heterocycles. The molecule has 0 bridgehead atoms. The minimum Gasteiger partial charge on any atom is -0.393 e. The second-order valence-corrected chi connectivity index (χ2v) is 4.56. The fourth-order valence-corrected chi connectivity index (χ4v) is 2.01. The maximum absolute atomic E-state index is 11.5. The number of aromatic nitrogens is 2. The average Bonchev–Trinajstić information content (AvgIpc) is 2.16. The number of aryl methyl sites for hydroxylation is 1. The van der Waals surface area contributed by atoms with E-state index in [1.807, 2.05) is 0 Å². The van der Waals surface area contributed by atoms with Crippen molar-refractivity contribution in [2.75, 3.05) is 5.32 Å². The van der Waals surface area contributed by atoms with Crippen molar-refractivity contribution in [3.8, 4) is 0 Å². The molecule has 1 aromatic rings. The molecule has 2 N–H and O–H groups in total. The molecule has 5 nitrogen and oxygen atoms in total. The molecule has 1 saturated carbocycles. The zero-order valence-electron chi connectivity index (χ0n) is 8.27. The number of aliphatic hydroxyl groups excluding tert-OH is 1. The quantitative estimate of drug-likeness (QED) is 0.823. The Balaban J connectivity index is 2.15. The number of aliphatic hydroxyl groups is 1. The van der Waals surface area contributed by atoms with Gasteiger partial charge in [0.2, 0.25) is 0 Å². The van der Waals surface area contributed by atoms with Gasteiger partial charge in [0.05, 0.1) is 18.0 Å². The van der Waals surface area contributed by atoms with Crippen LogP contribution in [0.1, 0.15) is 12.8 Å². The molecule has 1 aromatic heterocycles. The Kier molecular flexibility index (Phi) is 2.79. The summed E-state index contributed by atoms with van der Waals surface area (Å²) < 4.78 is 1.76. The fraction of sp³-hybridized carbons (Fsp3) is 0.556. The predicted molar refractivity (Wildman–Crippen MR) is 59.8 cm³/mol. The van der Waals surface area contributed by atoms with Crippen LogP contribution in [0.3, 0.4) is 0 Å². The van der Waals surface area contributed by atoms with E-state index in [1.165, 1.54) is 4.68 Å². The standard InChI is InChI=1S/C9H12BrN3O2/c1-13-9(15)8(10)7(4-11-13)12-5-2-6(14)3-5/h4-6,12,14H,2-3H2,1H3. The molecule has 0 radical (unpaired) electrons. The third kappa shape index (κ3) is 2.05. The second kappa shape index (κ2) is 3.94. The van der Waals surface area contributed by atoms with Gasteiger partial charge in [-0.3, -0.25) is 4.79 Å². The van der Waals surface area contributed by atoms with Crippen molar-refractivity contribution in [1.82, 2.24) is 9.78 Å². The number of nitrogens with zero attached hydrogens (tertiary/aromatic N) is 2. The lowest BCUT2D eigenvalue weighted by Gasteiger charge is -2.32. The van der Waals surface area contributed by atoms with Crippen LogP contribution in [0.5, 0.6) is 0 Å². The maximum Gasteiger partial charge on any atom is 0.282 e. The SMILES string of the molecule is Cn1ncc(NC2CC(O)C2)c(Br)c1=O. The summed E-state index contributed by atoms with van der Waals surface area (Å²) in [7, 11) is 1.60. The van der Waals surface area contributed by atoms with Crippen LogP contribution < -0.4 is 10.9 Å². The molecular weight excluding hydrogens is 262 g/mol. The molecule has 2 rings (SSSR count). The van der Waals surface area contributed by atoms with E-state index in [2.05, 4.69) is 26.3 Å². The van der Waals surface area contributed by atoms with Gasteiger partial charge in [0.15, 0.2) is 0 Å². The highest BCUT2D eigenvalue weighted by Gasteiger charge is 2.27. The molecule has 1 heterocycles. The summed E-state index contributed by atoms with van der Waals surface area (Å²) in [5.74, 6) is 0. The molecular formula is C9H12BrN3O2. The molecule has 1 aliphatic carbocycles. The van der Waals surface area contributed by atoms with Crippen molar-refractivity contribution in [3.05, 3.63) is 21.0 Å². The molecule has 0 saturated heterocycles. The van der Waals surface area contributed by atoms with E-state index < -0.39 is 0 Å². The van der Waals surface area contributed by atoms with Crippen LogP contribution >= 0.6 is 15.9 Å². The number of nitrogens with one attached hydrogen (secondary N) is 1. The Morgan fingerprint density at radius 2 is 2.33 bits per heavy atom. The summed E-state index contributed by atoms with van der Waals surface area (Å²) in [6.07, 6.45) is 2.85. The maximum atomic E-state index is 11.5. The van der Waals surface area contributed by atoms with Gasteiger partial charge in [0.25, 0.3) is 5.56 Å². The summed E-state index contributed by atoms with van der Waals surface area (Å²) in [5, 5.41) is 16.2. The van der Waals surface area contributed by atoms with Gasteiger partial charge < -0.3 is 10.4 Å². The fourth-order valence-electron chi connectivity index (χ4n) is 1.54. The first-order chi connectivity index (χ1) is 7.08. The predicted octanol–water partition coefficient (Wildman–Crippen LogP) is 0.478. The second-order valence-electron chi connectivity index (χ2n) is 3.77. The van der Waals surface area contributed by atoms with E-state index in [4.69, 9.17) is 5.11 Å². The Labute approximate surface area is 95.2 Å². The van der Waals surface area contributed by atoms with Gasteiger partial charge in [-0.05, 0) is 28.8 Å². The Morgan fingerprint density at radius 1 is 1.67 bits per heavy atom. The van der Waals surface area contributed by atoms with Gasteiger partial charge in [0, 0.05) is 13.1 Å². The van der Waals surface area contributed by atoms with E-state index in [0.29, 0.717) is 10.2 Å². The minimum atomic E-state index is -0.208. The van der Waals surface area contributed by atoms with Crippen molar-refractivity contribution in [2.45, 2.75) is 25.0 Å². The monoisotopic (exact) mass is 273 g/mol. The molecule has 0 amide bonds. The number of hydrogen-bond acceptors (Lipinski definition) is 4. The highest BCUT2D eigenvalue weighted by Crippen LogP contribution is 2.26. The third-order valence-electron chi connectivity index (χ3n) is 2.55. The van der Waals surface area contributed by atoms with E-state index in [-0.39, 0.29) is 17.7 Å². The first kappa shape index (κ1) is 10.6. The van der Waals surface area contributed by atoms with Gasteiger partial charge in [0.1, 0.15) is 4.47 Å². The Hall–Kier alpha value is -0.880. The summed E-state index contributed by atoms with van der Waals surface area (Å²) in [5.41, 5.74) is 0.523. The molecule has 1 fully saturated rings. The lowest BCUT2D eigenvalue weighted by Crippen LogP contribution is -2.39. The van der Waals surface area contributed by atoms with Crippen molar-refractivity contribution in [2.24, 2.45) is 7.05 Å². The van der Waals surface area contributed by atoms with E-state index >= 15 is 0 Å². The molecule has 6 heteroatoms. The topological polar surface area (TPSA) is 67.2 Å². The van der Waals surface area contributed by atoms with Crippen molar-refractivity contribution in [1.29, 1.82) is 0 Å². The molecule has 82 valence electrons. The average molecular weight is 274 g/mol. The highest BCUT2D eigenvalue weighted by atomic mass is 79.9.